The molecule has 29 heavy (non-hydrogen) atoms. The van der Waals surface area contributed by atoms with E-state index in [2.05, 4.69) is 10.3 Å². The Hall–Kier alpha value is -3.19. The van der Waals surface area contributed by atoms with Crippen molar-refractivity contribution in [1.29, 1.82) is 0 Å². The van der Waals surface area contributed by atoms with Gasteiger partial charge in [-0.05, 0) is 38.1 Å². The summed E-state index contributed by atoms with van der Waals surface area (Å²) in [5.74, 6) is -0.168. The number of aryl methyl sites for hydroxylation is 1. The fourth-order valence-electron chi connectivity index (χ4n) is 2.56. The molecule has 0 aliphatic rings. The Morgan fingerprint density at radius 2 is 1.79 bits per heavy atom. The number of hydrogen-bond donors (Lipinski definition) is 1. The number of carbonyl (C=O) groups excluding carboxylic acids is 2. The van der Waals surface area contributed by atoms with Crippen molar-refractivity contribution in [3.05, 3.63) is 65.2 Å². The molecule has 1 heterocycles. The molecule has 1 aromatic heterocycles. The number of amides is 1. The number of ether oxygens (including phenoxy) is 2. The zero-order valence-corrected chi connectivity index (χ0v) is 17.1. The molecule has 1 N–H and O–H groups in total. The maximum atomic E-state index is 12.0. The topological polar surface area (TPSA) is 77.5 Å². The van der Waals surface area contributed by atoms with E-state index in [-0.39, 0.29) is 13.0 Å². The van der Waals surface area contributed by atoms with Crippen molar-refractivity contribution < 1.29 is 19.1 Å². The summed E-state index contributed by atoms with van der Waals surface area (Å²) in [4.78, 5) is 28.5. The number of rotatable bonds is 8. The lowest BCUT2D eigenvalue weighted by atomic mass is 10.2. The second-order valence-electron chi connectivity index (χ2n) is 6.35. The minimum atomic E-state index is -0.493. The molecule has 0 atom stereocenters. The van der Waals surface area contributed by atoms with Crippen molar-refractivity contribution in [3.8, 4) is 16.3 Å². The molecule has 150 valence electrons. The number of aromatic nitrogens is 1. The van der Waals surface area contributed by atoms with Crippen LogP contribution in [0, 0.1) is 6.92 Å². The van der Waals surface area contributed by atoms with Gasteiger partial charge in [0.1, 0.15) is 10.8 Å². The lowest BCUT2D eigenvalue weighted by Crippen LogP contribution is -2.21. The lowest BCUT2D eigenvalue weighted by Gasteiger charge is -2.07. The van der Waals surface area contributed by atoms with Crippen LogP contribution in [0.4, 0.5) is 5.69 Å². The van der Waals surface area contributed by atoms with Gasteiger partial charge < -0.3 is 14.8 Å². The van der Waals surface area contributed by atoms with Gasteiger partial charge in [-0.25, -0.2) is 4.98 Å². The molecule has 0 aliphatic heterocycles. The van der Waals surface area contributed by atoms with Crippen molar-refractivity contribution in [2.45, 2.75) is 20.3 Å². The molecule has 3 rings (SSSR count). The van der Waals surface area contributed by atoms with Gasteiger partial charge in [-0.3, -0.25) is 9.59 Å². The van der Waals surface area contributed by atoms with E-state index >= 15 is 0 Å². The van der Waals surface area contributed by atoms with E-state index in [4.69, 9.17) is 9.47 Å². The third-order valence-electron chi connectivity index (χ3n) is 3.99. The predicted octanol–water partition coefficient (Wildman–Crippen LogP) is 4.24. The summed E-state index contributed by atoms with van der Waals surface area (Å²) in [6.07, 6.45) is 0.0265. The van der Waals surface area contributed by atoms with Crippen molar-refractivity contribution in [2.75, 3.05) is 18.5 Å². The maximum Gasteiger partial charge on any atom is 0.312 e. The minimum absolute atomic E-state index is 0.0265. The molecule has 0 aliphatic carbocycles. The molecule has 0 spiro atoms. The smallest absolute Gasteiger partial charge is 0.312 e. The van der Waals surface area contributed by atoms with Gasteiger partial charge in [-0.2, -0.15) is 0 Å². The van der Waals surface area contributed by atoms with Crippen LogP contribution in [0.5, 0.6) is 5.75 Å². The van der Waals surface area contributed by atoms with Crippen molar-refractivity contribution in [3.63, 3.8) is 0 Å². The largest absolute Gasteiger partial charge is 0.494 e. The Morgan fingerprint density at radius 3 is 2.48 bits per heavy atom. The van der Waals surface area contributed by atoms with Gasteiger partial charge in [0.15, 0.2) is 6.61 Å². The average Bonchev–Trinajstić information content (AvgIpc) is 3.17. The van der Waals surface area contributed by atoms with Crippen LogP contribution < -0.4 is 10.1 Å². The molecule has 0 saturated carbocycles. The SMILES string of the molecule is CCOc1ccc(NC(=O)COC(=O)Cc2csc(-c3ccc(C)cc3)n2)cc1. The number of hydrogen-bond acceptors (Lipinski definition) is 6. The van der Waals surface area contributed by atoms with Crippen LogP contribution in [0.3, 0.4) is 0 Å². The highest BCUT2D eigenvalue weighted by Gasteiger charge is 2.12. The monoisotopic (exact) mass is 410 g/mol. The highest BCUT2D eigenvalue weighted by Crippen LogP contribution is 2.24. The summed E-state index contributed by atoms with van der Waals surface area (Å²) in [5.41, 5.74) is 3.42. The molecule has 1 amide bonds. The second kappa shape index (κ2) is 9.84. The first kappa shape index (κ1) is 20.5. The van der Waals surface area contributed by atoms with Crippen LogP contribution in [0.25, 0.3) is 10.6 Å². The van der Waals surface area contributed by atoms with E-state index in [0.29, 0.717) is 18.0 Å². The molecule has 0 saturated heterocycles. The van der Waals surface area contributed by atoms with E-state index in [1.807, 2.05) is 43.5 Å². The quantitative estimate of drug-likeness (QED) is 0.562. The molecular weight excluding hydrogens is 388 g/mol. The molecule has 7 heteroatoms. The summed E-state index contributed by atoms with van der Waals surface area (Å²) >= 11 is 1.47. The number of carbonyl (C=O) groups is 2. The summed E-state index contributed by atoms with van der Waals surface area (Å²) in [6, 6.07) is 15.0. The molecule has 0 fully saturated rings. The minimum Gasteiger partial charge on any atom is -0.494 e. The van der Waals surface area contributed by atoms with Gasteiger partial charge in [0, 0.05) is 16.6 Å². The third kappa shape index (κ3) is 6.15. The Kier molecular flexibility index (Phi) is 6.97. The lowest BCUT2D eigenvalue weighted by molar-refractivity contribution is -0.146. The van der Waals surface area contributed by atoms with E-state index in [9.17, 15) is 9.59 Å². The molecule has 6 nitrogen and oxygen atoms in total. The summed E-state index contributed by atoms with van der Waals surface area (Å²) in [6.45, 7) is 4.16. The Morgan fingerprint density at radius 1 is 1.07 bits per heavy atom. The Bertz CT molecular complexity index is 965. The Balaban J connectivity index is 1.46. The van der Waals surface area contributed by atoms with Crippen LogP contribution in [0.1, 0.15) is 18.2 Å². The van der Waals surface area contributed by atoms with Gasteiger partial charge in [0.25, 0.3) is 5.91 Å². The highest BCUT2D eigenvalue weighted by atomic mass is 32.1. The van der Waals surface area contributed by atoms with Gasteiger partial charge in [-0.1, -0.05) is 29.8 Å². The zero-order chi connectivity index (χ0) is 20.6. The van der Waals surface area contributed by atoms with E-state index in [1.54, 1.807) is 24.3 Å². The van der Waals surface area contributed by atoms with Crippen molar-refractivity contribution in [1.82, 2.24) is 4.98 Å². The molecule has 0 radical (unpaired) electrons. The number of thiazole rings is 1. The maximum absolute atomic E-state index is 12.0. The first-order valence-corrected chi connectivity index (χ1v) is 10.1. The number of esters is 1. The molecule has 3 aromatic rings. The fourth-order valence-corrected chi connectivity index (χ4v) is 3.39. The van der Waals surface area contributed by atoms with Crippen LogP contribution in [-0.4, -0.2) is 30.1 Å². The summed E-state index contributed by atoms with van der Waals surface area (Å²) in [7, 11) is 0. The molecule has 0 bridgehead atoms. The first-order valence-electron chi connectivity index (χ1n) is 9.23. The predicted molar refractivity (Wildman–Crippen MR) is 113 cm³/mol. The summed E-state index contributed by atoms with van der Waals surface area (Å²) in [5, 5.41) is 5.35. The van der Waals surface area contributed by atoms with Gasteiger partial charge in [0.05, 0.1) is 18.7 Å². The van der Waals surface area contributed by atoms with Crippen molar-refractivity contribution >= 4 is 28.9 Å². The van der Waals surface area contributed by atoms with Gasteiger partial charge >= 0.3 is 5.97 Å². The molecule has 0 unspecified atom stereocenters. The normalized spacial score (nSPS) is 10.4. The van der Waals surface area contributed by atoms with Crippen LogP contribution in [-0.2, 0) is 20.7 Å². The van der Waals surface area contributed by atoms with E-state index in [0.717, 1.165) is 16.3 Å². The second-order valence-corrected chi connectivity index (χ2v) is 7.21. The number of benzene rings is 2. The van der Waals surface area contributed by atoms with E-state index in [1.165, 1.54) is 16.9 Å². The first-order chi connectivity index (χ1) is 14.0. The summed E-state index contributed by atoms with van der Waals surface area (Å²) < 4.78 is 10.4. The number of nitrogens with zero attached hydrogens (tertiary/aromatic N) is 1. The third-order valence-corrected chi connectivity index (χ3v) is 4.93. The average molecular weight is 410 g/mol. The molecular formula is C22H22N2O4S. The van der Waals surface area contributed by atoms with Crippen LogP contribution in [0.15, 0.2) is 53.9 Å². The highest BCUT2D eigenvalue weighted by molar-refractivity contribution is 7.13. The van der Waals surface area contributed by atoms with E-state index < -0.39 is 11.9 Å². The van der Waals surface area contributed by atoms with Gasteiger partial charge in [0.2, 0.25) is 0 Å². The van der Waals surface area contributed by atoms with Crippen LogP contribution >= 0.6 is 11.3 Å². The molecule has 2 aromatic carbocycles. The standard InChI is InChI=1S/C22H22N2O4S/c1-3-27-19-10-8-17(9-11-19)23-20(25)13-28-21(26)12-18-14-29-22(24-18)16-6-4-15(2)5-7-16/h4-11,14H,3,12-13H2,1-2H3,(H,23,25). The number of nitrogens with one attached hydrogen (secondary N) is 1. The van der Waals surface area contributed by atoms with Crippen molar-refractivity contribution in [2.24, 2.45) is 0 Å². The Labute approximate surface area is 173 Å². The van der Waals surface area contributed by atoms with Gasteiger partial charge in [-0.15, -0.1) is 11.3 Å². The number of anilines is 1. The van der Waals surface area contributed by atoms with Crippen LogP contribution in [0.2, 0.25) is 0 Å². The fraction of sp³-hybridized carbons (Fsp3) is 0.227. The zero-order valence-electron chi connectivity index (χ0n) is 16.3.